The summed E-state index contributed by atoms with van der Waals surface area (Å²) in [5, 5.41) is 0. The monoisotopic (exact) mass is 1070 g/mol. The largest absolute Gasteiger partial charge is 0.462 e. The normalized spacial score (nSPS) is 12.9. The van der Waals surface area contributed by atoms with E-state index in [-0.39, 0.29) is 37.5 Å². The zero-order chi connectivity index (χ0) is 55.7. The minimum atomic E-state index is -0.804. The van der Waals surface area contributed by atoms with Gasteiger partial charge < -0.3 is 14.2 Å². The van der Waals surface area contributed by atoms with Crippen LogP contribution in [-0.2, 0) is 28.6 Å². The average molecular weight is 1070 g/mol. The van der Waals surface area contributed by atoms with Crippen LogP contribution in [-0.4, -0.2) is 37.2 Å². The second kappa shape index (κ2) is 64.3. The van der Waals surface area contributed by atoms with Crippen LogP contribution in [0.3, 0.4) is 0 Å². The molecule has 77 heavy (non-hydrogen) atoms. The second-order valence-corrected chi connectivity index (χ2v) is 20.9. The van der Waals surface area contributed by atoms with Crippen LogP contribution < -0.4 is 0 Å². The molecular formula is C71H118O6. The number of unbranched alkanes of at least 4 members (excludes halogenated alkanes) is 26. The average Bonchev–Trinajstić information content (AvgIpc) is 3.43. The van der Waals surface area contributed by atoms with E-state index in [1.807, 2.05) is 0 Å². The van der Waals surface area contributed by atoms with E-state index < -0.39 is 6.10 Å². The Bertz CT molecular complexity index is 1600. The van der Waals surface area contributed by atoms with Gasteiger partial charge in [-0.1, -0.05) is 284 Å². The molecule has 0 N–H and O–H groups in total. The van der Waals surface area contributed by atoms with Crippen LogP contribution in [0.1, 0.15) is 290 Å². The van der Waals surface area contributed by atoms with E-state index in [1.165, 1.54) is 116 Å². The Labute approximate surface area is 475 Å². The molecule has 0 aromatic carbocycles. The van der Waals surface area contributed by atoms with Crippen LogP contribution >= 0.6 is 0 Å². The Balaban J connectivity index is 4.46. The van der Waals surface area contributed by atoms with Crippen LogP contribution in [0, 0.1) is 0 Å². The number of hydrogen-bond acceptors (Lipinski definition) is 6. The topological polar surface area (TPSA) is 78.9 Å². The summed E-state index contributed by atoms with van der Waals surface area (Å²) in [5.41, 5.74) is 0. The van der Waals surface area contributed by atoms with E-state index in [2.05, 4.69) is 142 Å². The molecule has 0 fully saturated rings. The summed E-state index contributed by atoms with van der Waals surface area (Å²) in [7, 11) is 0. The van der Waals surface area contributed by atoms with E-state index in [4.69, 9.17) is 14.2 Å². The summed E-state index contributed by atoms with van der Waals surface area (Å²) in [5.74, 6) is -0.932. The first kappa shape index (κ1) is 72.8. The fourth-order valence-corrected chi connectivity index (χ4v) is 8.73. The molecule has 0 rings (SSSR count). The maximum Gasteiger partial charge on any atom is 0.306 e. The van der Waals surface area contributed by atoms with Gasteiger partial charge in [-0.2, -0.15) is 0 Å². The van der Waals surface area contributed by atoms with E-state index in [0.29, 0.717) is 12.8 Å². The van der Waals surface area contributed by atoms with Gasteiger partial charge in [0.2, 0.25) is 0 Å². The van der Waals surface area contributed by atoms with E-state index in [1.54, 1.807) is 0 Å². The predicted octanol–water partition coefficient (Wildman–Crippen LogP) is 22.0. The van der Waals surface area contributed by atoms with Gasteiger partial charge in [-0.05, 0) is 109 Å². The highest BCUT2D eigenvalue weighted by Gasteiger charge is 2.19. The third-order valence-corrected chi connectivity index (χ3v) is 13.5. The Morgan fingerprint density at radius 2 is 0.506 bits per heavy atom. The molecule has 1 atom stereocenters. The first-order valence-electron chi connectivity index (χ1n) is 32.0. The van der Waals surface area contributed by atoms with Crippen molar-refractivity contribution in [3.05, 3.63) is 122 Å². The second-order valence-electron chi connectivity index (χ2n) is 20.9. The molecule has 6 nitrogen and oxygen atoms in total. The molecule has 0 aromatic rings. The number of hydrogen-bond donors (Lipinski definition) is 0. The fraction of sp³-hybridized carbons (Fsp3) is 0.676. The van der Waals surface area contributed by atoms with E-state index in [0.717, 1.165) is 135 Å². The maximum atomic E-state index is 12.9. The standard InChI is InChI=1S/C71H118O6/c1-4-7-10-13-16-19-22-25-28-31-33-34-35-36-38-40-43-46-49-52-55-58-61-64-70(73)76-67-68(66-75-69(72)63-60-57-54-51-48-45-42-39-30-27-24-21-18-15-12-9-6-3)77-71(74)65-62-59-56-53-50-47-44-41-37-32-29-26-23-20-17-14-11-8-5-2/h7-8,10-11,16-17,19-20,25-26,28-29,33-34,36-38,41,47,50,68H,4-6,9,12-15,18,21-24,27,30-32,35,39-40,42-46,48-49,51-67H2,1-3H3/b10-7-,11-8-,19-16-,20-17-,28-25-,29-26-,34-33-,38-36-,41-37-,50-47-. The molecule has 438 valence electrons. The van der Waals surface area contributed by atoms with Crippen molar-refractivity contribution in [1.29, 1.82) is 0 Å². The third kappa shape index (κ3) is 62.5. The smallest absolute Gasteiger partial charge is 0.306 e. The molecule has 0 aromatic heterocycles. The summed E-state index contributed by atoms with van der Waals surface area (Å²) in [4.78, 5) is 38.4. The quantitative estimate of drug-likeness (QED) is 0.0261. The molecule has 0 heterocycles. The van der Waals surface area contributed by atoms with E-state index in [9.17, 15) is 14.4 Å². The van der Waals surface area contributed by atoms with Crippen LogP contribution in [0.25, 0.3) is 0 Å². The molecule has 1 unspecified atom stereocenters. The molecule has 0 spiro atoms. The van der Waals surface area contributed by atoms with Crippen molar-refractivity contribution in [3.63, 3.8) is 0 Å². The van der Waals surface area contributed by atoms with Gasteiger partial charge in [0.05, 0.1) is 0 Å². The molecule has 0 radical (unpaired) electrons. The molecule has 0 saturated heterocycles. The number of esters is 3. The van der Waals surface area contributed by atoms with Crippen LogP contribution in [0.5, 0.6) is 0 Å². The van der Waals surface area contributed by atoms with Crippen molar-refractivity contribution in [2.24, 2.45) is 0 Å². The molecule has 0 bridgehead atoms. The lowest BCUT2D eigenvalue weighted by Gasteiger charge is -2.18. The summed E-state index contributed by atoms with van der Waals surface area (Å²) in [6.07, 6.45) is 89.1. The highest BCUT2D eigenvalue weighted by molar-refractivity contribution is 5.71. The number of ether oxygens (including phenoxy) is 3. The van der Waals surface area contributed by atoms with Gasteiger partial charge in [0.25, 0.3) is 0 Å². The van der Waals surface area contributed by atoms with Crippen molar-refractivity contribution < 1.29 is 28.6 Å². The lowest BCUT2D eigenvalue weighted by atomic mass is 10.0. The minimum absolute atomic E-state index is 0.0953. The van der Waals surface area contributed by atoms with Crippen molar-refractivity contribution in [2.75, 3.05) is 13.2 Å². The molecular weight excluding hydrogens is 949 g/mol. The van der Waals surface area contributed by atoms with Crippen LogP contribution in [0.2, 0.25) is 0 Å². The Morgan fingerprint density at radius 3 is 0.805 bits per heavy atom. The van der Waals surface area contributed by atoms with Gasteiger partial charge in [0, 0.05) is 19.3 Å². The summed E-state index contributed by atoms with van der Waals surface area (Å²) in [6.45, 7) is 6.40. The van der Waals surface area contributed by atoms with Crippen molar-refractivity contribution in [1.82, 2.24) is 0 Å². The Kier molecular flexibility index (Phi) is 60.8. The van der Waals surface area contributed by atoms with Crippen molar-refractivity contribution in [3.8, 4) is 0 Å². The predicted molar refractivity (Wildman–Crippen MR) is 334 cm³/mol. The van der Waals surface area contributed by atoms with Gasteiger partial charge in [-0.3, -0.25) is 14.4 Å². The molecule has 0 aliphatic rings. The zero-order valence-corrected chi connectivity index (χ0v) is 50.2. The van der Waals surface area contributed by atoms with Gasteiger partial charge in [-0.25, -0.2) is 0 Å². The SMILES string of the molecule is CC/C=C\C/C=C\C/C=C\C/C=C\C/C=C\CCCCCCCCCC(=O)OCC(COC(=O)CCCCCCCCCCCCCCCCCCC)OC(=O)CCCCC/C=C\C/C=C\C/C=C\C/C=C\C/C=C\CC. The third-order valence-electron chi connectivity index (χ3n) is 13.5. The van der Waals surface area contributed by atoms with Gasteiger partial charge in [0.1, 0.15) is 13.2 Å². The molecule has 0 aliphatic carbocycles. The Morgan fingerprint density at radius 1 is 0.273 bits per heavy atom. The van der Waals surface area contributed by atoms with E-state index >= 15 is 0 Å². The summed E-state index contributed by atoms with van der Waals surface area (Å²) in [6, 6.07) is 0. The number of carbonyl (C=O) groups excluding carboxylic acids is 3. The molecule has 6 heteroatoms. The van der Waals surface area contributed by atoms with Crippen molar-refractivity contribution in [2.45, 2.75) is 297 Å². The lowest BCUT2D eigenvalue weighted by molar-refractivity contribution is -0.167. The van der Waals surface area contributed by atoms with Crippen LogP contribution in [0.15, 0.2) is 122 Å². The van der Waals surface area contributed by atoms with Gasteiger partial charge in [0.15, 0.2) is 6.10 Å². The first-order chi connectivity index (χ1) is 38.0. The highest BCUT2D eigenvalue weighted by atomic mass is 16.6. The van der Waals surface area contributed by atoms with Crippen molar-refractivity contribution >= 4 is 17.9 Å². The summed E-state index contributed by atoms with van der Waals surface area (Å²) >= 11 is 0. The number of carbonyl (C=O) groups is 3. The van der Waals surface area contributed by atoms with Gasteiger partial charge in [-0.15, -0.1) is 0 Å². The summed E-state index contributed by atoms with van der Waals surface area (Å²) < 4.78 is 16.9. The molecule has 0 amide bonds. The zero-order valence-electron chi connectivity index (χ0n) is 50.2. The Hall–Kier alpha value is -4.19. The number of rotatable bonds is 57. The maximum absolute atomic E-state index is 12.9. The van der Waals surface area contributed by atoms with Crippen LogP contribution in [0.4, 0.5) is 0 Å². The number of allylic oxidation sites excluding steroid dienone is 20. The highest BCUT2D eigenvalue weighted by Crippen LogP contribution is 2.16. The molecule has 0 saturated carbocycles. The first-order valence-corrected chi connectivity index (χ1v) is 32.0. The fourth-order valence-electron chi connectivity index (χ4n) is 8.73. The molecule has 0 aliphatic heterocycles. The minimum Gasteiger partial charge on any atom is -0.462 e. The van der Waals surface area contributed by atoms with Gasteiger partial charge >= 0.3 is 17.9 Å². The lowest BCUT2D eigenvalue weighted by Crippen LogP contribution is -2.30.